The molecule has 0 aromatic heterocycles. The fourth-order valence-corrected chi connectivity index (χ4v) is 0.899. The molecule has 1 N–H and O–H groups in total. The van der Waals surface area contributed by atoms with Crippen molar-refractivity contribution in [1.29, 1.82) is 0 Å². The smallest absolute Gasteiger partial charge is 0.224 e. The lowest BCUT2D eigenvalue weighted by Gasteiger charge is -2.08. The van der Waals surface area contributed by atoms with Crippen LogP contribution >= 0.6 is 0 Å². The summed E-state index contributed by atoms with van der Waals surface area (Å²) in [5.41, 5.74) is 2.97. The molecular weight excluding hydrogens is 180 g/mol. The van der Waals surface area contributed by atoms with Crippen LogP contribution in [0.15, 0.2) is 42.7 Å². The number of hydrogen-bond acceptors (Lipinski definition) is 3. The van der Waals surface area contributed by atoms with Crippen molar-refractivity contribution in [1.82, 2.24) is 0 Å². The Kier molecular flexibility index (Phi) is 3.68. The van der Waals surface area contributed by atoms with Crippen molar-refractivity contribution in [3.63, 3.8) is 0 Å². The SMILES string of the molecule is C=C=CC(O)Oc1ccc(C=O)cc1. The molecule has 0 aliphatic carbocycles. The van der Waals surface area contributed by atoms with Gasteiger partial charge in [0.15, 0.2) is 0 Å². The Balaban J connectivity index is 2.68. The fraction of sp³-hybridized carbons (Fsp3) is 0.0909. The molecule has 1 atom stereocenters. The standard InChI is InChI=1S/C11H10O3/c1-2-3-11(13)14-10-6-4-9(8-12)5-7-10/h3-8,11,13H,1H2. The van der Waals surface area contributed by atoms with E-state index >= 15 is 0 Å². The minimum atomic E-state index is -1.06. The first-order valence-electron chi connectivity index (χ1n) is 4.02. The number of hydrogen-bond donors (Lipinski definition) is 1. The lowest BCUT2D eigenvalue weighted by molar-refractivity contribution is 0.0249. The molecule has 72 valence electrons. The third kappa shape index (κ3) is 2.90. The van der Waals surface area contributed by atoms with Gasteiger partial charge in [-0.15, -0.1) is 5.73 Å². The van der Waals surface area contributed by atoms with Crippen LogP contribution in [0.1, 0.15) is 10.4 Å². The third-order valence-electron chi connectivity index (χ3n) is 1.53. The summed E-state index contributed by atoms with van der Waals surface area (Å²) in [5, 5.41) is 9.18. The maximum atomic E-state index is 10.3. The van der Waals surface area contributed by atoms with Crippen LogP contribution in [-0.4, -0.2) is 17.7 Å². The van der Waals surface area contributed by atoms with E-state index in [1.165, 1.54) is 6.08 Å². The summed E-state index contributed by atoms with van der Waals surface area (Å²) in [4.78, 5) is 10.3. The van der Waals surface area contributed by atoms with Gasteiger partial charge in [0.2, 0.25) is 6.29 Å². The molecule has 1 aromatic rings. The van der Waals surface area contributed by atoms with Crippen LogP contribution in [0.4, 0.5) is 0 Å². The van der Waals surface area contributed by atoms with Crippen molar-refractivity contribution in [2.45, 2.75) is 6.29 Å². The Labute approximate surface area is 81.9 Å². The molecule has 0 radical (unpaired) electrons. The maximum absolute atomic E-state index is 10.3. The van der Waals surface area contributed by atoms with Crippen LogP contribution in [0.25, 0.3) is 0 Å². The molecule has 0 bridgehead atoms. The van der Waals surface area contributed by atoms with Crippen molar-refractivity contribution in [3.8, 4) is 5.75 Å². The topological polar surface area (TPSA) is 46.5 Å². The molecule has 0 aliphatic rings. The van der Waals surface area contributed by atoms with Crippen molar-refractivity contribution in [2.24, 2.45) is 0 Å². The van der Waals surface area contributed by atoms with E-state index in [9.17, 15) is 9.90 Å². The monoisotopic (exact) mass is 190 g/mol. The molecule has 3 heteroatoms. The van der Waals surface area contributed by atoms with Crippen LogP contribution in [0.2, 0.25) is 0 Å². The normalized spacial score (nSPS) is 11.2. The Hall–Kier alpha value is -1.83. The van der Waals surface area contributed by atoms with Gasteiger partial charge >= 0.3 is 0 Å². The van der Waals surface area contributed by atoms with Crippen LogP contribution in [0, 0.1) is 0 Å². The van der Waals surface area contributed by atoms with Crippen LogP contribution in [0.3, 0.4) is 0 Å². The summed E-state index contributed by atoms with van der Waals surface area (Å²) < 4.78 is 5.04. The predicted molar refractivity (Wildman–Crippen MR) is 52.2 cm³/mol. The summed E-state index contributed by atoms with van der Waals surface area (Å²) >= 11 is 0. The van der Waals surface area contributed by atoms with Gasteiger partial charge in [-0.2, -0.15) is 0 Å². The summed E-state index contributed by atoms with van der Waals surface area (Å²) in [6.07, 6.45) is 0.965. The number of aliphatic hydroxyl groups excluding tert-OH is 1. The highest BCUT2D eigenvalue weighted by Gasteiger charge is 2.00. The first kappa shape index (κ1) is 10.3. The van der Waals surface area contributed by atoms with Crippen molar-refractivity contribution < 1.29 is 14.6 Å². The highest BCUT2D eigenvalue weighted by Crippen LogP contribution is 2.12. The molecule has 0 saturated carbocycles. The van der Waals surface area contributed by atoms with Gasteiger partial charge in [0.1, 0.15) is 12.0 Å². The molecule has 0 amide bonds. The lowest BCUT2D eigenvalue weighted by atomic mass is 10.2. The third-order valence-corrected chi connectivity index (χ3v) is 1.53. The van der Waals surface area contributed by atoms with Crippen LogP contribution in [0.5, 0.6) is 5.75 Å². The summed E-state index contributed by atoms with van der Waals surface area (Å²) in [5.74, 6) is 0.481. The molecule has 1 aromatic carbocycles. The molecule has 0 aliphatic heterocycles. The van der Waals surface area contributed by atoms with Gasteiger partial charge in [0, 0.05) is 11.6 Å². The zero-order valence-electron chi connectivity index (χ0n) is 7.51. The van der Waals surface area contributed by atoms with E-state index in [2.05, 4.69) is 12.3 Å². The highest BCUT2D eigenvalue weighted by molar-refractivity contribution is 5.74. The zero-order chi connectivity index (χ0) is 10.4. The molecule has 0 fully saturated rings. The Morgan fingerprint density at radius 1 is 1.43 bits per heavy atom. The number of carbonyl (C=O) groups excluding carboxylic acids is 1. The highest BCUT2D eigenvalue weighted by atomic mass is 16.6. The largest absolute Gasteiger partial charge is 0.461 e. The van der Waals surface area contributed by atoms with E-state index in [0.717, 1.165) is 6.29 Å². The van der Waals surface area contributed by atoms with Gasteiger partial charge in [-0.25, -0.2) is 0 Å². The molecular formula is C11H10O3. The quantitative estimate of drug-likeness (QED) is 0.445. The van der Waals surface area contributed by atoms with E-state index < -0.39 is 6.29 Å². The number of aliphatic hydroxyl groups is 1. The first-order valence-corrected chi connectivity index (χ1v) is 4.02. The van der Waals surface area contributed by atoms with Gasteiger partial charge < -0.3 is 9.84 Å². The Bertz CT molecular complexity index is 347. The molecule has 0 saturated heterocycles. The number of benzene rings is 1. The van der Waals surface area contributed by atoms with E-state index in [0.29, 0.717) is 11.3 Å². The molecule has 1 unspecified atom stereocenters. The molecule has 0 heterocycles. The first-order chi connectivity index (χ1) is 6.76. The molecule has 14 heavy (non-hydrogen) atoms. The number of rotatable bonds is 4. The summed E-state index contributed by atoms with van der Waals surface area (Å²) in [6, 6.07) is 6.41. The second-order valence-corrected chi connectivity index (χ2v) is 2.57. The number of carbonyl (C=O) groups is 1. The predicted octanol–water partition coefficient (Wildman–Crippen LogP) is 1.54. The maximum Gasteiger partial charge on any atom is 0.224 e. The van der Waals surface area contributed by atoms with Gasteiger partial charge in [-0.3, -0.25) is 4.79 Å². The summed E-state index contributed by atoms with van der Waals surface area (Å²) in [7, 11) is 0. The average Bonchev–Trinajstić information content (AvgIpc) is 2.19. The van der Waals surface area contributed by atoms with Crippen molar-refractivity contribution >= 4 is 6.29 Å². The average molecular weight is 190 g/mol. The van der Waals surface area contributed by atoms with E-state index in [1.54, 1.807) is 24.3 Å². The minimum Gasteiger partial charge on any atom is -0.461 e. The van der Waals surface area contributed by atoms with E-state index in [-0.39, 0.29) is 0 Å². The van der Waals surface area contributed by atoms with Gasteiger partial charge in [0.25, 0.3) is 0 Å². The number of aldehydes is 1. The van der Waals surface area contributed by atoms with Gasteiger partial charge in [-0.1, -0.05) is 6.58 Å². The van der Waals surface area contributed by atoms with Crippen LogP contribution < -0.4 is 4.74 Å². The Morgan fingerprint density at radius 3 is 2.57 bits per heavy atom. The zero-order valence-corrected chi connectivity index (χ0v) is 7.51. The second-order valence-electron chi connectivity index (χ2n) is 2.57. The number of ether oxygens (including phenoxy) is 1. The minimum absolute atomic E-state index is 0.481. The van der Waals surface area contributed by atoms with Gasteiger partial charge in [-0.05, 0) is 24.3 Å². The van der Waals surface area contributed by atoms with Crippen molar-refractivity contribution in [2.75, 3.05) is 0 Å². The molecule has 3 nitrogen and oxygen atoms in total. The Morgan fingerprint density at radius 2 is 2.07 bits per heavy atom. The van der Waals surface area contributed by atoms with E-state index in [4.69, 9.17) is 4.74 Å². The fourth-order valence-electron chi connectivity index (χ4n) is 0.899. The van der Waals surface area contributed by atoms with Crippen LogP contribution in [-0.2, 0) is 0 Å². The lowest BCUT2D eigenvalue weighted by Crippen LogP contribution is -2.11. The van der Waals surface area contributed by atoms with Crippen molar-refractivity contribution in [3.05, 3.63) is 48.2 Å². The molecule has 0 spiro atoms. The molecule has 1 rings (SSSR count). The van der Waals surface area contributed by atoms with Gasteiger partial charge in [0.05, 0.1) is 0 Å². The summed E-state index contributed by atoms with van der Waals surface area (Å²) in [6.45, 7) is 3.30. The van der Waals surface area contributed by atoms with E-state index in [1.807, 2.05) is 0 Å². The second kappa shape index (κ2) is 5.02.